The Labute approximate surface area is 171 Å². The number of amides is 1. The summed E-state index contributed by atoms with van der Waals surface area (Å²) in [6, 6.07) is 14.4. The molecule has 6 nitrogen and oxygen atoms in total. The third-order valence-corrected chi connectivity index (χ3v) is 5.29. The number of aromatic nitrogens is 3. The van der Waals surface area contributed by atoms with E-state index in [1.165, 1.54) is 16.4 Å². The van der Waals surface area contributed by atoms with Crippen LogP contribution in [0, 0.1) is 0 Å². The number of nitrogen functional groups attached to an aromatic ring is 1. The fraction of sp³-hybridized carbons (Fsp3) is 0.167. The van der Waals surface area contributed by atoms with Gasteiger partial charge in [-0.25, -0.2) is 4.68 Å². The molecule has 0 aliphatic carbocycles. The van der Waals surface area contributed by atoms with Crippen LogP contribution in [-0.4, -0.2) is 26.5 Å². The SMILES string of the molecule is CC(NC(=O)CSc1nnc(-c2ccc(Cl)cc2)n1N)c1ccc(Cl)cc1. The summed E-state index contributed by atoms with van der Waals surface area (Å²) in [5.41, 5.74) is 1.77. The Balaban J connectivity index is 1.59. The number of nitrogens with one attached hydrogen (secondary N) is 1. The van der Waals surface area contributed by atoms with Crippen LogP contribution in [-0.2, 0) is 4.79 Å². The second kappa shape index (κ2) is 8.65. The number of nitrogens with two attached hydrogens (primary N) is 1. The lowest BCUT2D eigenvalue weighted by Gasteiger charge is -2.14. The molecule has 140 valence electrons. The Kier molecular flexibility index (Phi) is 6.26. The molecule has 0 spiro atoms. The van der Waals surface area contributed by atoms with Crippen LogP contribution in [0.4, 0.5) is 0 Å². The highest BCUT2D eigenvalue weighted by atomic mass is 35.5. The van der Waals surface area contributed by atoms with Crippen LogP contribution in [0.25, 0.3) is 11.4 Å². The third-order valence-electron chi connectivity index (χ3n) is 3.85. The summed E-state index contributed by atoms with van der Waals surface area (Å²) in [6.07, 6.45) is 0. The van der Waals surface area contributed by atoms with Gasteiger partial charge in [-0.15, -0.1) is 10.2 Å². The van der Waals surface area contributed by atoms with E-state index < -0.39 is 0 Å². The molecule has 27 heavy (non-hydrogen) atoms. The van der Waals surface area contributed by atoms with Crippen molar-refractivity contribution in [3.8, 4) is 11.4 Å². The minimum atomic E-state index is -0.129. The van der Waals surface area contributed by atoms with Crippen LogP contribution < -0.4 is 11.2 Å². The van der Waals surface area contributed by atoms with Gasteiger partial charge in [0.15, 0.2) is 5.82 Å². The van der Waals surface area contributed by atoms with E-state index in [-0.39, 0.29) is 17.7 Å². The Morgan fingerprint density at radius 2 is 1.70 bits per heavy atom. The van der Waals surface area contributed by atoms with Crippen molar-refractivity contribution in [1.82, 2.24) is 20.2 Å². The van der Waals surface area contributed by atoms with E-state index >= 15 is 0 Å². The maximum absolute atomic E-state index is 12.2. The van der Waals surface area contributed by atoms with Crippen LogP contribution in [0.2, 0.25) is 10.0 Å². The molecule has 3 N–H and O–H groups in total. The van der Waals surface area contributed by atoms with Gasteiger partial charge in [-0.05, 0) is 48.9 Å². The van der Waals surface area contributed by atoms with Crippen molar-refractivity contribution in [3.63, 3.8) is 0 Å². The zero-order valence-corrected chi connectivity index (χ0v) is 16.7. The lowest BCUT2D eigenvalue weighted by molar-refractivity contribution is -0.119. The van der Waals surface area contributed by atoms with Crippen molar-refractivity contribution in [2.45, 2.75) is 18.1 Å². The highest BCUT2D eigenvalue weighted by Crippen LogP contribution is 2.23. The fourth-order valence-corrected chi connectivity index (χ4v) is 3.34. The van der Waals surface area contributed by atoms with Crippen molar-refractivity contribution in [2.24, 2.45) is 0 Å². The zero-order chi connectivity index (χ0) is 19.4. The van der Waals surface area contributed by atoms with E-state index in [2.05, 4.69) is 15.5 Å². The number of rotatable bonds is 6. The van der Waals surface area contributed by atoms with E-state index in [1.54, 1.807) is 24.3 Å². The predicted molar refractivity (Wildman–Crippen MR) is 109 cm³/mol. The number of nitrogens with zero attached hydrogens (tertiary/aromatic N) is 3. The average molecular weight is 422 g/mol. The summed E-state index contributed by atoms with van der Waals surface area (Å²) in [4.78, 5) is 12.2. The first kappa shape index (κ1) is 19.5. The van der Waals surface area contributed by atoms with Gasteiger partial charge in [0.1, 0.15) is 0 Å². The monoisotopic (exact) mass is 421 g/mol. The Morgan fingerprint density at radius 3 is 2.33 bits per heavy atom. The smallest absolute Gasteiger partial charge is 0.230 e. The van der Waals surface area contributed by atoms with Gasteiger partial charge in [0.05, 0.1) is 11.8 Å². The minimum Gasteiger partial charge on any atom is -0.349 e. The maximum atomic E-state index is 12.2. The van der Waals surface area contributed by atoms with Crippen LogP contribution >= 0.6 is 35.0 Å². The molecule has 1 atom stereocenters. The first-order valence-electron chi connectivity index (χ1n) is 8.08. The minimum absolute atomic E-state index is 0.126. The standard InChI is InChI=1S/C18H17Cl2N5OS/c1-11(12-2-6-14(19)7-3-12)22-16(26)10-27-18-24-23-17(25(18)21)13-4-8-15(20)9-5-13/h2-9,11H,10,21H2,1H3,(H,22,26). The van der Waals surface area contributed by atoms with Crippen molar-refractivity contribution >= 4 is 40.9 Å². The molecule has 2 aromatic carbocycles. The Bertz CT molecular complexity index is 928. The molecule has 0 aliphatic rings. The molecule has 0 fully saturated rings. The maximum Gasteiger partial charge on any atom is 0.230 e. The van der Waals surface area contributed by atoms with Gasteiger partial charge in [0.25, 0.3) is 0 Å². The van der Waals surface area contributed by atoms with Gasteiger partial charge >= 0.3 is 0 Å². The molecular formula is C18H17Cl2N5OS. The average Bonchev–Trinajstić information content (AvgIpc) is 3.02. The molecule has 1 unspecified atom stereocenters. The van der Waals surface area contributed by atoms with E-state index in [1.807, 2.05) is 31.2 Å². The first-order valence-corrected chi connectivity index (χ1v) is 9.82. The lowest BCUT2D eigenvalue weighted by Crippen LogP contribution is -2.28. The lowest BCUT2D eigenvalue weighted by atomic mass is 10.1. The van der Waals surface area contributed by atoms with Crippen molar-refractivity contribution < 1.29 is 4.79 Å². The van der Waals surface area contributed by atoms with Crippen LogP contribution in [0.15, 0.2) is 53.7 Å². The molecule has 1 aromatic heterocycles. The number of thioether (sulfide) groups is 1. The van der Waals surface area contributed by atoms with Gasteiger partial charge < -0.3 is 11.2 Å². The summed E-state index contributed by atoms with van der Waals surface area (Å²) < 4.78 is 1.36. The highest BCUT2D eigenvalue weighted by molar-refractivity contribution is 7.99. The summed E-state index contributed by atoms with van der Waals surface area (Å²) in [5.74, 6) is 6.61. The van der Waals surface area contributed by atoms with Crippen LogP contribution in [0.3, 0.4) is 0 Å². The van der Waals surface area contributed by atoms with Crippen molar-refractivity contribution in [2.75, 3.05) is 11.6 Å². The fourth-order valence-electron chi connectivity index (χ4n) is 2.42. The second-order valence-electron chi connectivity index (χ2n) is 5.81. The summed E-state index contributed by atoms with van der Waals surface area (Å²) in [6.45, 7) is 1.91. The van der Waals surface area contributed by atoms with Gasteiger partial charge in [-0.1, -0.05) is 47.1 Å². The van der Waals surface area contributed by atoms with Gasteiger partial charge in [-0.2, -0.15) is 0 Å². The summed E-state index contributed by atoms with van der Waals surface area (Å²) in [7, 11) is 0. The molecule has 1 heterocycles. The largest absolute Gasteiger partial charge is 0.349 e. The number of benzene rings is 2. The number of halogens is 2. The molecule has 1 amide bonds. The molecule has 0 saturated heterocycles. The highest BCUT2D eigenvalue weighted by Gasteiger charge is 2.15. The van der Waals surface area contributed by atoms with Crippen molar-refractivity contribution in [1.29, 1.82) is 0 Å². The normalized spacial score (nSPS) is 12.0. The quantitative estimate of drug-likeness (QED) is 0.464. The second-order valence-corrected chi connectivity index (χ2v) is 7.63. The van der Waals surface area contributed by atoms with Gasteiger partial charge in [-0.3, -0.25) is 4.79 Å². The van der Waals surface area contributed by atoms with Crippen molar-refractivity contribution in [3.05, 3.63) is 64.1 Å². The molecule has 3 rings (SSSR count). The molecule has 3 aromatic rings. The van der Waals surface area contributed by atoms with E-state index in [9.17, 15) is 4.79 Å². The topological polar surface area (TPSA) is 85.8 Å². The molecular weight excluding hydrogens is 405 g/mol. The van der Waals surface area contributed by atoms with Gasteiger partial charge in [0.2, 0.25) is 11.1 Å². The van der Waals surface area contributed by atoms with E-state index in [0.717, 1.165) is 11.1 Å². The number of hydrogen-bond acceptors (Lipinski definition) is 5. The first-order chi connectivity index (χ1) is 12.9. The van der Waals surface area contributed by atoms with Gasteiger partial charge in [0, 0.05) is 15.6 Å². The van der Waals surface area contributed by atoms with Crippen LogP contribution in [0.5, 0.6) is 0 Å². The molecule has 0 aliphatic heterocycles. The third kappa shape index (κ3) is 4.94. The zero-order valence-electron chi connectivity index (χ0n) is 14.4. The number of carbonyl (C=O) groups is 1. The Morgan fingerprint density at radius 1 is 1.11 bits per heavy atom. The number of carbonyl (C=O) groups excluding carboxylic acids is 1. The molecule has 0 radical (unpaired) electrons. The summed E-state index contributed by atoms with van der Waals surface area (Å²) >= 11 is 13.0. The van der Waals surface area contributed by atoms with Crippen LogP contribution in [0.1, 0.15) is 18.5 Å². The van der Waals surface area contributed by atoms with E-state index in [4.69, 9.17) is 29.0 Å². The molecule has 0 saturated carbocycles. The summed E-state index contributed by atoms with van der Waals surface area (Å²) in [5, 5.41) is 12.8. The molecule has 0 bridgehead atoms. The Hall–Kier alpha value is -2.22. The predicted octanol–water partition coefficient (Wildman–Crippen LogP) is 3.94. The van der Waals surface area contributed by atoms with E-state index in [0.29, 0.717) is 21.0 Å². The number of hydrogen-bond donors (Lipinski definition) is 2. The molecule has 9 heteroatoms.